The second kappa shape index (κ2) is 8.58. The van der Waals surface area contributed by atoms with E-state index in [0.29, 0.717) is 10.8 Å². The van der Waals surface area contributed by atoms with E-state index in [-0.39, 0.29) is 23.0 Å². The van der Waals surface area contributed by atoms with Gasteiger partial charge in [0, 0.05) is 5.56 Å². The lowest BCUT2D eigenvalue weighted by Crippen LogP contribution is -2.28. The van der Waals surface area contributed by atoms with E-state index < -0.39 is 11.7 Å². The first-order valence-electron chi connectivity index (χ1n) is 8.16. The standard InChI is InChI=1S/C19H20F3NO3S/c1-4-13-5-8-17(12(2)9-13)26-11-14-10-15(19(20,21)22)6-7-16(14)23(24)18(27)25-3/h5-10,24H,4,11H2,1-3H3. The Kier molecular flexibility index (Phi) is 6.67. The SMILES string of the molecule is CCc1ccc(OCc2cc(C(F)(F)F)ccc2N(O)C(=S)OC)c(C)c1. The Bertz CT molecular complexity index is 824. The molecular formula is C19H20F3NO3S. The molecule has 0 aliphatic carbocycles. The summed E-state index contributed by atoms with van der Waals surface area (Å²) < 4.78 is 49.7. The summed E-state index contributed by atoms with van der Waals surface area (Å²) in [4.78, 5) is 0. The van der Waals surface area contributed by atoms with E-state index in [2.05, 4.69) is 0 Å². The quantitative estimate of drug-likeness (QED) is 0.547. The van der Waals surface area contributed by atoms with Crippen molar-refractivity contribution in [1.29, 1.82) is 0 Å². The van der Waals surface area contributed by atoms with Crippen LogP contribution in [0.25, 0.3) is 0 Å². The molecule has 0 heterocycles. The van der Waals surface area contributed by atoms with E-state index in [9.17, 15) is 18.4 Å². The van der Waals surface area contributed by atoms with Gasteiger partial charge >= 0.3 is 6.18 Å². The zero-order valence-corrected chi connectivity index (χ0v) is 15.9. The Morgan fingerprint density at radius 1 is 1.19 bits per heavy atom. The highest BCUT2D eigenvalue weighted by Crippen LogP contribution is 2.33. The number of benzene rings is 2. The number of thiocarbonyl (C=S) groups is 1. The van der Waals surface area contributed by atoms with Gasteiger partial charge in [-0.05, 0) is 61.0 Å². The third-order valence-corrected chi connectivity index (χ3v) is 4.35. The monoisotopic (exact) mass is 399 g/mol. The molecule has 0 bridgehead atoms. The molecule has 0 saturated carbocycles. The fourth-order valence-corrected chi connectivity index (χ4v) is 2.62. The number of ether oxygens (including phenoxy) is 2. The van der Waals surface area contributed by atoms with Crippen LogP contribution in [-0.2, 0) is 23.9 Å². The molecule has 0 aliphatic rings. The van der Waals surface area contributed by atoms with Crippen molar-refractivity contribution < 1.29 is 27.9 Å². The van der Waals surface area contributed by atoms with Crippen molar-refractivity contribution in [3.05, 3.63) is 58.7 Å². The van der Waals surface area contributed by atoms with Crippen LogP contribution in [0.4, 0.5) is 18.9 Å². The lowest BCUT2D eigenvalue weighted by molar-refractivity contribution is -0.137. The average Bonchev–Trinajstić information content (AvgIpc) is 2.64. The molecule has 0 amide bonds. The Labute approximate surface area is 161 Å². The molecule has 0 radical (unpaired) electrons. The van der Waals surface area contributed by atoms with Gasteiger partial charge in [0.05, 0.1) is 18.4 Å². The maximum atomic E-state index is 13.1. The third kappa shape index (κ3) is 5.11. The Balaban J connectivity index is 2.35. The maximum Gasteiger partial charge on any atom is 0.416 e. The predicted octanol–water partition coefficient (Wildman–Crippen LogP) is 5.28. The largest absolute Gasteiger partial charge is 0.489 e. The van der Waals surface area contributed by atoms with E-state index in [4.69, 9.17) is 21.7 Å². The summed E-state index contributed by atoms with van der Waals surface area (Å²) in [7, 11) is 1.25. The fraction of sp³-hybridized carbons (Fsp3) is 0.316. The molecular weight excluding hydrogens is 379 g/mol. The summed E-state index contributed by atoms with van der Waals surface area (Å²) in [5.74, 6) is 0.550. The van der Waals surface area contributed by atoms with Crippen molar-refractivity contribution in [2.45, 2.75) is 33.1 Å². The molecule has 2 aromatic carbocycles. The number of hydrogen-bond acceptors (Lipinski definition) is 4. The molecule has 27 heavy (non-hydrogen) atoms. The zero-order chi connectivity index (χ0) is 20.2. The first-order chi connectivity index (χ1) is 12.7. The van der Waals surface area contributed by atoms with Gasteiger partial charge in [0.25, 0.3) is 5.17 Å². The first-order valence-corrected chi connectivity index (χ1v) is 8.57. The molecule has 0 aliphatic heterocycles. The smallest absolute Gasteiger partial charge is 0.416 e. The molecule has 0 fully saturated rings. The Morgan fingerprint density at radius 3 is 2.44 bits per heavy atom. The number of anilines is 1. The summed E-state index contributed by atoms with van der Waals surface area (Å²) in [6.45, 7) is 3.70. The van der Waals surface area contributed by atoms with Gasteiger partial charge in [0.2, 0.25) is 0 Å². The van der Waals surface area contributed by atoms with Crippen LogP contribution in [0.1, 0.15) is 29.2 Å². The van der Waals surface area contributed by atoms with Crippen molar-refractivity contribution in [3.8, 4) is 5.75 Å². The number of aryl methyl sites for hydroxylation is 2. The molecule has 4 nitrogen and oxygen atoms in total. The molecule has 0 unspecified atom stereocenters. The van der Waals surface area contributed by atoms with E-state index >= 15 is 0 Å². The van der Waals surface area contributed by atoms with E-state index in [1.54, 1.807) is 6.07 Å². The number of rotatable bonds is 5. The van der Waals surface area contributed by atoms with Crippen LogP contribution in [0, 0.1) is 6.92 Å². The lowest BCUT2D eigenvalue weighted by atomic mass is 10.1. The molecule has 0 spiro atoms. The van der Waals surface area contributed by atoms with Crippen LogP contribution < -0.4 is 9.80 Å². The number of hydroxylamine groups is 1. The first kappa shape index (κ1) is 21.0. The van der Waals surface area contributed by atoms with Crippen LogP contribution in [0.5, 0.6) is 5.75 Å². The van der Waals surface area contributed by atoms with Crippen LogP contribution in [-0.4, -0.2) is 17.5 Å². The number of halogens is 3. The molecule has 2 aromatic rings. The van der Waals surface area contributed by atoms with Gasteiger partial charge in [0.15, 0.2) is 0 Å². The van der Waals surface area contributed by atoms with Crippen LogP contribution >= 0.6 is 12.2 Å². The minimum absolute atomic E-state index is 0.0534. The van der Waals surface area contributed by atoms with Gasteiger partial charge in [0.1, 0.15) is 12.4 Å². The number of alkyl halides is 3. The highest BCUT2D eigenvalue weighted by Gasteiger charge is 2.31. The van der Waals surface area contributed by atoms with Crippen molar-refractivity contribution >= 4 is 23.1 Å². The highest BCUT2D eigenvalue weighted by molar-refractivity contribution is 7.80. The minimum atomic E-state index is -4.52. The molecule has 0 atom stereocenters. The topological polar surface area (TPSA) is 41.9 Å². The predicted molar refractivity (Wildman–Crippen MR) is 100 cm³/mol. The minimum Gasteiger partial charge on any atom is -0.489 e. The Morgan fingerprint density at radius 2 is 1.89 bits per heavy atom. The molecule has 0 aromatic heterocycles. The average molecular weight is 399 g/mol. The van der Waals surface area contributed by atoms with Gasteiger partial charge in [-0.2, -0.15) is 18.2 Å². The fourth-order valence-electron chi connectivity index (χ4n) is 2.52. The van der Waals surface area contributed by atoms with Crippen LogP contribution in [0.15, 0.2) is 36.4 Å². The summed E-state index contributed by atoms with van der Waals surface area (Å²) in [6, 6.07) is 8.54. The highest BCUT2D eigenvalue weighted by atomic mass is 32.1. The summed E-state index contributed by atoms with van der Waals surface area (Å²) in [5, 5.41) is 10.3. The van der Waals surface area contributed by atoms with Crippen molar-refractivity contribution in [1.82, 2.24) is 0 Å². The number of methoxy groups -OCH3 is 1. The van der Waals surface area contributed by atoms with E-state index in [0.717, 1.165) is 35.7 Å². The third-order valence-electron chi connectivity index (χ3n) is 4.01. The van der Waals surface area contributed by atoms with Crippen molar-refractivity contribution in [2.24, 2.45) is 0 Å². The van der Waals surface area contributed by atoms with Gasteiger partial charge in [-0.3, -0.25) is 5.21 Å². The van der Waals surface area contributed by atoms with E-state index in [1.807, 2.05) is 26.0 Å². The second-order valence-corrected chi connectivity index (χ2v) is 6.21. The van der Waals surface area contributed by atoms with Gasteiger partial charge in [-0.1, -0.05) is 19.1 Å². The number of hydrogen-bond donors (Lipinski definition) is 1. The molecule has 8 heteroatoms. The van der Waals surface area contributed by atoms with Gasteiger partial charge in [-0.25, -0.2) is 0 Å². The lowest BCUT2D eigenvalue weighted by Gasteiger charge is -2.21. The van der Waals surface area contributed by atoms with E-state index in [1.165, 1.54) is 7.11 Å². The summed E-state index contributed by atoms with van der Waals surface area (Å²) in [5.41, 5.74) is 1.32. The van der Waals surface area contributed by atoms with Crippen LogP contribution in [0.2, 0.25) is 0 Å². The normalized spacial score (nSPS) is 11.2. The van der Waals surface area contributed by atoms with Crippen LogP contribution in [0.3, 0.4) is 0 Å². The number of nitrogens with zero attached hydrogens (tertiary/aromatic N) is 1. The zero-order valence-electron chi connectivity index (χ0n) is 15.1. The molecule has 0 saturated heterocycles. The summed E-state index contributed by atoms with van der Waals surface area (Å²) >= 11 is 4.84. The van der Waals surface area contributed by atoms with Crippen molar-refractivity contribution in [3.63, 3.8) is 0 Å². The molecule has 2 rings (SSSR count). The van der Waals surface area contributed by atoms with Gasteiger partial charge < -0.3 is 9.47 Å². The Hall–Kier alpha value is -2.32. The second-order valence-electron chi connectivity index (χ2n) is 5.87. The van der Waals surface area contributed by atoms with Gasteiger partial charge in [-0.15, -0.1) is 0 Å². The maximum absolute atomic E-state index is 13.1. The molecule has 1 N–H and O–H groups in total. The molecule has 146 valence electrons. The van der Waals surface area contributed by atoms with Crippen molar-refractivity contribution in [2.75, 3.05) is 12.2 Å². The summed E-state index contributed by atoms with van der Waals surface area (Å²) in [6.07, 6.45) is -3.65.